The average Bonchev–Trinajstić information content (AvgIpc) is 3.81. The zero-order chi connectivity index (χ0) is 32.1. The van der Waals surface area contributed by atoms with Gasteiger partial charge >= 0.3 is 0 Å². The highest BCUT2D eigenvalue weighted by Crippen LogP contribution is 2.43. The van der Waals surface area contributed by atoms with Crippen LogP contribution in [0.1, 0.15) is 0 Å². The Morgan fingerprint density at radius 2 is 0.959 bits per heavy atom. The molecule has 0 fully saturated rings. The number of nitrogens with zero attached hydrogens (tertiary/aromatic N) is 2. The molecule has 0 aliphatic heterocycles. The number of benzene rings is 8. The fourth-order valence-corrected chi connectivity index (χ4v) is 8.08. The molecule has 0 atom stereocenters. The molecule has 49 heavy (non-hydrogen) atoms. The monoisotopic (exact) mass is 624 g/mol. The first-order valence-electron chi connectivity index (χ1n) is 16.8. The van der Waals surface area contributed by atoms with E-state index in [0.29, 0.717) is 0 Å². The number of aromatic nitrogens is 2. The molecule has 0 N–H and O–H groups in total. The number of hydrogen-bond acceptors (Lipinski definition) is 1. The second kappa shape index (κ2) is 9.96. The molecule has 11 rings (SSSR count). The summed E-state index contributed by atoms with van der Waals surface area (Å²) in [6.45, 7) is 0. The lowest BCUT2D eigenvalue weighted by molar-refractivity contribution is 0.669. The maximum absolute atomic E-state index is 6.53. The van der Waals surface area contributed by atoms with E-state index in [2.05, 4.69) is 179 Å². The van der Waals surface area contributed by atoms with Gasteiger partial charge in [-0.2, -0.15) is 0 Å². The van der Waals surface area contributed by atoms with Gasteiger partial charge in [0, 0.05) is 49.8 Å². The molecule has 3 nitrogen and oxygen atoms in total. The zero-order valence-corrected chi connectivity index (χ0v) is 26.5. The van der Waals surface area contributed by atoms with Gasteiger partial charge in [0.1, 0.15) is 11.2 Å². The lowest BCUT2D eigenvalue weighted by Gasteiger charge is -2.11. The van der Waals surface area contributed by atoms with Gasteiger partial charge in [-0.25, -0.2) is 0 Å². The Kier molecular flexibility index (Phi) is 5.38. The van der Waals surface area contributed by atoms with Crippen LogP contribution < -0.4 is 0 Å². The zero-order valence-electron chi connectivity index (χ0n) is 26.5. The summed E-state index contributed by atoms with van der Waals surface area (Å²) in [5.74, 6) is 0. The smallest absolute Gasteiger partial charge is 0.137 e. The van der Waals surface area contributed by atoms with Gasteiger partial charge in [-0.15, -0.1) is 0 Å². The van der Waals surface area contributed by atoms with Gasteiger partial charge in [-0.3, -0.25) is 0 Å². The van der Waals surface area contributed by atoms with Crippen molar-refractivity contribution in [3.05, 3.63) is 170 Å². The van der Waals surface area contributed by atoms with Gasteiger partial charge in [0.15, 0.2) is 0 Å². The standard InChI is InChI=1S/C46H28N2O/c1-2-10-29(11-3-1)30-18-20-33(21-19-30)48-40-16-8-6-14-35(40)37-24-25-42-45(46(37)48)38-15-7-9-17-41(38)47(42)34-22-23-36-39-26-31-12-4-5-13-32(31)27-43(39)49-44(36)28-34/h1-28H. The highest BCUT2D eigenvalue weighted by Gasteiger charge is 2.21. The molecule has 228 valence electrons. The Labute approximate surface area is 281 Å². The summed E-state index contributed by atoms with van der Waals surface area (Å²) in [6.07, 6.45) is 0. The quantitative estimate of drug-likeness (QED) is 0.192. The van der Waals surface area contributed by atoms with Gasteiger partial charge in [0.2, 0.25) is 0 Å². The summed E-state index contributed by atoms with van der Waals surface area (Å²) < 4.78 is 11.4. The highest BCUT2D eigenvalue weighted by molar-refractivity contribution is 6.26. The third-order valence-corrected chi connectivity index (χ3v) is 10.3. The molecule has 0 aliphatic carbocycles. The normalized spacial score (nSPS) is 12.1. The third kappa shape index (κ3) is 3.78. The topological polar surface area (TPSA) is 23.0 Å². The summed E-state index contributed by atoms with van der Waals surface area (Å²) in [5, 5.41) is 9.65. The molecule has 0 spiro atoms. The van der Waals surface area contributed by atoms with E-state index in [1.165, 1.54) is 65.5 Å². The van der Waals surface area contributed by atoms with Gasteiger partial charge in [-0.1, -0.05) is 109 Å². The number of rotatable bonds is 3. The summed E-state index contributed by atoms with van der Waals surface area (Å²) in [7, 11) is 0. The largest absolute Gasteiger partial charge is 0.456 e. The first-order chi connectivity index (χ1) is 24.3. The minimum Gasteiger partial charge on any atom is -0.456 e. The summed E-state index contributed by atoms with van der Waals surface area (Å²) in [5.41, 5.74) is 11.2. The highest BCUT2D eigenvalue weighted by atomic mass is 16.3. The van der Waals surface area contributed by atoms with Crippen molar-refractivity contribution in [2.75, 3.05) is 0 Å². The van der Waals surface area contributed by atoms with Crippen molar-refractivity contribution in [3.8, 4) is 22.5 Å². The van der Waals surface area contributed by atoms with Crippen molar-refractivity contribution >= 4 is 76.3 Å². The second-order valence-corrected chi connectivity index (χ2v) is 13.0. The Morgan fingerprint density at radius 1 is 0.347 bits per heavy atom. The molecule has 0 unspecified atom stereocenters. The molecule has 0 radical (unpaired) electrons. The molecule has 8 aromatic carbocycles. The Bertz CT molecular complexity index is 3090. The predicted octanol–water partition coefficient (Wildman–Crippen LogP) is 12.6. The van der Waals surface area contributed by atoms with Crippen molar-refractivity contribution in [1.82, 2.24) is 9.13 Å². The van der Waals surface area contributed by atoms with Crippen molar-refractivity contribution < 1.29 is 4.42 Å². The Morgan fingerprint density at radius 3 is 1.78 bits per heavy atom. The van der Waals surface area contributed by atoms with Crippen molar-refractivity contribution in [2.24, 2.45) is 0 Å². The fourth-order valence-electron chi connectivity index (χ4n) is 8.08. The van der Waals surface area contributed by atoms with Crippen LogP contribution in [0.25, 0.3) is 98.8 Å². The van der Waals surface area contributed by atoms with E-state index in [-0.39, 0.29) is 0 Å². The molecule has 0 bridgehead atoms. The van der Waals surface area contributed by atoms with E-state index in [1.807, 2.05) is 0 Å². The van der Waals surface area contributed by atoms with Crippen LogP contribution in [0.3, 0.4) is 0 Å². The summed E-state index contributed by atoms with van der Waals surface area (Å²) >= 11 is 0. The van der Waals surface area contributed by atoms with Gasteiger partial charge in [0.25, 0.3) is 0 Å². The number of furan rings is 1. The molecular weight excluding hydrogens is 597 g/mol. The lowest BCUT2D eigenvalue weighted by atomic mass is 10.1. The molecule has 0 amide bonds. The molecule has 0 saturated carbocycles. The van der Waals surface area contributed by atoms with Crippen molar-refractivity contribution in [3.63, 3.8) is 0 Å². The Hall–Kier alpha value is -6.58. The average molecular weight is 625 g/mol. The van der Waals surface area contributed by atoms with Crippen LogP contribution in [-0.4, -0.2) is 9.13 Å². The van der Waals surface area contributed by atoms with Crippen LogP contribution in [0.15, 0.2) is 174 Å². The predicted molar refractivity (Wildman–Crippen MR) is 205 cm³/mol. The van der Waals surface area contributed by atoms with Crippen LogP contribution in [0.2, 0.25) is 0 Å². The van der Waals surface area contributed by atoms with E-state index >= 15 is 0 Å². The number of para-hydroxylation sites is 2. The summed E-state index contributed by atoms with van der Waals surface area (Å²) in [4.78, 5) is 0. The van der Waals surface area contributed by atoms with E-state index < -0.39 is 0 Å². The van der Waals surface area contributed by atoms with Crippen LogP contribution in [0.4, 0.5) is 0 Å². The maximum Gasteiger partial charge on any atom is 0.137 e. The van der Waals surface area contributed by atoms with Gasteiger partial charge < -0.3 is 13.6 Å². The van der Waals surface area contributed by atoms with Crippen LogP contribution in [0, 0.1) is 0 Å². The molecular formula is C46H28N2O. The van der Waals surface area contributed by atoms with Crippen LogP contribution in [-0.2, 0) is 0 Å². The second-order valence-electron chi connectivity index (χ2n) is 13.0. The third-order valence-electron chi connectivity index (χ3n) is 10.3. The SMILES string of the molecule is c1ccc(-c2ccc(-n3c4ccccc4c4ccc5c(c6ccccc6n5-c5ccc6c(c5)oc5cc7ccccc7cc56)c43)cc2)cc1. The van der Waals surface area contributed by atoms with Gasteiger partial charge in [-0.05, 0) is 76.5 Å². The number of fused-ring (bicyclic) bond motifs is 11. The first-order valence-corrected chi connectivity index (χ1v) is 16.8. The van der Waals surface area contributed by atoms with E-state index in [0.717, 1.165) is 33.3 Å². The Balaban J connectivity index is 1.19. The minimum absolute atomic E-state index is 0.891. The van der Waals surface area contributed by atoms with Crippen LogP contribution in [0.5, 0.6) is 0 Å². The maximum atomic E-state index is 6.53. The molecule has 11 aromatic rings. The molecule has 3 aromatic heterocycles. The lowest BCUT2D eigenvalue weighted by Crippen LogP contribution is -1.95. The first kappa shape index (κ1) is 26.5. The number of hydrogen-bond donors (Lipinski definition) is 0. The molecule has 3 heterocycles. The van der Waals surface area contributed by atoms with Crippen molar-refractivity contribution in [2.45, 2.75) is 0 Å². The van der Waals surface area contributed by atoms with E-state index in [4.69, 9.17) is 4.42 Å². The fraction of sp³-hybridized carbons (Fsp3) is 0. The van der Waals surface area contributed by atoms with Crippen LogP contribution >= 0.6 is 0 Å². The van der Waals surface area contributed by atoms with E-state index in [1.54, 1.807) is 0 Å². The molecule has 0 saturated heterocycles. The van der Waals surface area contributed by atoms with Crippen molar-refractivity contribution in [1.29, 1.82) is 0 Å². The van der Waals surface area contributed by atoms with E-state index in [9.17, 15) is 0 Å². The molecule has 3 heteroatoms. The molecule has 0 aliphatic rings. The summed E-state index contributed by atoms with van der Waals surface area (Å²) in [6, 6.07) is 61.3. The van der Waals surface area contributed by atoms with Gasteiger partial charge in [0.05, 0.1) is 22.1 Å². The minimum atomic E-state index is 0.891.